The zero-order chi connectivity index (χ0) is 25.4. The highest BCUT2D eigenvalue weighted by molar-refractivity contribution is 8.26. The third-order valence-corrected chi connectivity index (χ3v) is 6.64. The third-order valence-electron chi connectivity index (χ3n) is 5.26. The third kappa shape index (κ3) is 7.06. The molecule has 10 heteroatoms. The molecule has 1 aliphatic rings. The van der Waals surface area contributed by atoms with Crippen molar-refractivity contribution in [3.8, 4) is 11.5 Å². The molecule has 0 bridgehead atoms. The van der Waals surface area contributed by atoms with Gasteiger partial charge in [-0.25, -0.2) is 4.79 Å². The van der Waals surface area contributed by atoms with E-state index in [1.54, 1.807) is 49.5 Å². The molecule has 1 aliphatic heterocycles. The predicted molar refractivity (Wildman–Crippen MR) is 140 cm³/mol. The number of nitrogens with one attached hydrogen (secondary N) is 1. The van der Waals surface area contributed by atoms with Crippen LogP contribution in [0.1, 0.15) is 41.6 Å². The van der Waals surface area contributed by atoms with Crippen molar-refractivity contribution in [1.82, 2.24) is 4.90 Å². The van der Waals surface area contributed by atoms with Crippen molar-refractivity contribution in [2.75, 3.05) is 26.1 Å². The van der Waals surface area contributed by atoms with Gasteiger partial charge in [0.25, 0.3) is 5.91 Å². The topological polar surface area (TPSA) is 105 Å². The molecule has 1 heterocycles. The van der Waals surface area contributed by atoms with E-state index in [-0.39, 0.29) is 17.4 Å². The molecule has 0 aliphatic carbocycles. The lowest BCUT2D eigenvalue weighted by Crippen LogP contribution is -2.29. The number of hydrogen-bond donors (Lipinski definition) is 2. The summed E-state index contributed by atoms with van der Waals surface area (Å²) in [5.74, 6) is -0.174. The van der Waals surface area contributed by atoms with Gasteiger partial charge in [-0.1, -0.05) is 42.5 Å². The van der Waals surface area contributed by atoms with E-state index < -0.39 is 5.97 Å². The highest BCUT2D eigenvalue weighted by Crippen LogP contribution is 2.34. The van der Waals surface area contributed by atoms with E-state index in [0.29, 0.717) is 52.2 Å². The quantitative estimate of drug-likeness (QED) is 0.250. The van der Waals surface area contributed by atoms with E-state index in [2.05, 4.69) is 5.32 Å². The second-order valence-electron chi connectivity index (χ2n) is 7.69. The number of benzene rings is 2. The van der Waals surface area contributed by atoms with Gasteiger partial charge >= 0.3 is 5.97 Å². The van der Waals surface area contributed by atoms with Crippen LogP contribution in [0.3, 0.4) is 0 Å². The van der Waals surface area contributed by atoms with Crippen LogP contribution in [0.25, 0.3) is 6.08 Å². The Morgan fingerprint density at radius 2 is 1.86 bits per heavy atom. The fourth-order valence-corrected chi connectivity index (χ4v) is 4.78. The Kier molecular flexibility index (Phi) is 9.27. The average molecular weight is 515 g/mol. The zero-order valence-electron chi connectivity index (χ0n) is 19.4. The second-order valence-corrected chi connectivity index (χ2v) is 9.37. The number of rotatable bonds is 11. The van der Waals surface area contributed by atoms with Crippen LogP contribution in [0.2, 0.25) is 0 Å². The molecule has 2 amide bonds. The van der Waals surface area contributed by atoms with Gasteiger partial charge in [-0.2, -0.15) is 0 Å². The summed E-state index contributed by atoms with van der Waals surface area (Å²) in [6.07, 6.45) is 4.17. The molecule has 0 unspecified atom stereocenters. The summed E-state index contributed by atoms with van der Waals surface area (Å²) in [5, 5.41) is 11.7. The second kappa shape index (κ2) is 12.4. The van der Waals surface area contributed by atoms with Gasteiger partial charge in [0.2, 0.25) is 5.91 Å². The first-order chi connectivity index (χ1) is 16.8. The van der Waals surface area contributed by atoms with Gasteiger partial charge in [0.1, 0.15) is 4.32 Å². The summed E-state index contributed by atoms with van der Waals surface area (Å²) in [6, 6.07) is 11.5. The van der Waals surface area contributed by atoms with E-state index in [9.17, 15) is 14.4 Å². The molecule has 0 spiro atoms. The molecular formula is C25H26N2O6S2. The van der Waals surface area contributed by atoms with Crippen molar-refractivity contribution in [2.24, 2.45) is 0 Å². The number of carboxylic acids is 1. The number of thioether (sulfide) groups is 1. The van der Waals surface area contributed by atoms with Crippen LogP contribution in [0.5, 0.6) is 11.5 Å². The fourth-order valence-electron chi connectivity index (χ4n) is 3.47. The maximum atomic E-state index is 12.8. The molecule has 0 atom stereocenters. The largest absolute Gasteiger partial charge is 0.493 e. The number of thiocarbonyl (C=S) groups is 1. The normalized spacial score (nSPS) is 14.3. The van der Waals surface area contributed by atoms with Gasteiger partial charge in [0, 0.05) is 18.7 Å². The van der Waals surface area contributed by atoms with Crippen LogP contribution in [-0.2, 0) is 9.59 Å². The Hall–Kier alpha value is -3.37. The van der Waals surface area contributed by atoms with Gasteiger partial charge in [0.15, 0.2) is 11.5 Å². The Morgan fingerprint density at radius 3 is 2.57 bits per heavy atom. The van der Waals surface area contributed by atoms with Crippen LogP contribution >= 0.6 is 24.0 Å². The monoisotopic (exact) mass is 514 g/mol. The van der Waals surface area contributed by atoms with E-state index in [4.69, 9.17) is 26.8 Å². The molecule has 1 saturated heterocycles. The van der Waals surface area contributed by atoms with E-state index in [1.807, 2.05) is 6.07 Å². The van der Waals surface area contributed by atoms with Crippen molar-refractivity contribution in [3.05, 3.63) is 58.5 Å². The number of carbonyl (C=O) groups is 3. The fraction of sp³-hybridized carbons (Fsp3) is 0.280. The molecule has 2 aromatic carbocycles. The molecule has 8 nitrogen and oxygen atoms in total. The number of nitrogens with zero attached hydrogens (tertiary/aromatic N) is 1. The summed E-state index contributed by atoms with van der Waals surface area (Å²) in [7, 11) is 3.12. The molecule has 2 N–H and O–H groups in total. The van der Waals surface area contributed by atoms with Gasteiger partial charge < -0.3 is 19.9 Å². The lowest BCUT2D eigenvalue weighted by molar-refractivity contribution is -0.122. The van der Waals surface area contributed by atoms with Gasteiger partial charge in [0.05, 0.1) is 24.7 Å². The summed E-state index contributed by atoms with van der Waals surface area (Å²) >= 11 is 6.66. The number of unbranched alkanes of at least 4 members (excludes halogenated alkanes) is 2. The smallest absolute Gasteiger partial charge is 0.335 e. The van der Waals surface area contributed by atoms with Crippen LogP contribution in [0, 0.1) is 0 Å². The summed E-state index contributed by atoms with van der Waals surface area (Å²) < 4.78 is 11.1. The molecule has 35 heavy (non-hydrogen) atoms. The Labute approximate surface area is 213 Å². The Bertz CT molecular complexity index is 1160. The number of anilines is 1. The van der Waals surface area contributed by atoms with Crippen molar-refractivity contribution in [2.45, 2.75) is 25.7 Å². The molecule has 184 valence electrons. The maximum absolute atomic E-state index is 12.8. The highest BCUT2D eigenvalue weighted by atomic mass is 32.2. The summed E-state index contributed by atoms with van der Waals surface area (Å²) in [6.45, 7) is 0.482. The van der Waals surface area contributed by atoms with Crippen molar-refractivity contribution >= 4 is 57.8 Å². The van der Waals surface area contributed by atoms with Gasteiger partial charge in [-0.05, 0) is 54.8 Å². The molecule has 2 aromatic rings. The Balaban J connectivity index is 1.46. The molecule has 3 rings (SSSR count). The van der Waals surface area contributed by atoms with Crippen LogP contribution in [0.15, 0.2) is 47.4 Å². The van der Waals surface area contributed by atoms with Crippen LogP contribution in [-0.4, -0.2) is 52.9 Å². The number of aromatic carboxylic acids is 1. The van der Waals surface area contributed by atoms with E-state index >= 15 is 0 Å². The Morgan fingerprint density at radius 1 is 1.09 bits per heavy atom. The van der Waals surface area contributed by atoms with Crippen molar-refractivity contribution in [3.63, 3.8) is 0 Å². The van der Waals surface area contributed by atoms with Crippen molar-refractivity contribution in [1.29, 1.82) is 0 Å². The molecule has 0 saturated carbocycles. The first-order valence-corrected chi connectivity index (χ1v) is 12.2. The van der Waals surface area contributed by atoms with E-state index in [1.165, 1.54) is 23.9 Å². The summed E-state index contributed by atoms with van der Waals surface area (Å²) in [5.41, 5.74) is 1.38. The number of carbonyl (C=O) groups excluding carboxylic acids is 2. The number of methoxy groups -OCH3 is 2. The minimum atomic E-state index is -1.05. The first kappa shape index (κ1) is 26.2. The number of amides is 2. The molecule has 1 fully saturated rings. The lowest BCUT2D eigenvalue weighted by Gasteiger charge is -2.14. The van der Waals surface area contributed by atoms with Crippen LogP contribution < -0.4 is 14.8 Å². The lowest BCUT2D eigenvalue weighted by atomic mass is 10.1. The highest BCUT2D eigenvalue weighted by Gasteiger charge is 2.31. The standard InChI is InChI=1S/C25H26N2O6S2/c1-32-19-11-10-16(13-20(19)33-2)14-21-23(29)27(25(34)35-21)12-5-3-4-9-22(28)26-18-8-6-7-17(15-18)24(30)31/h6-8,10-11,13-15H,3-5,9,12H2,1-2H3,(H,26,28)(H,30,31)/b21-14-. The predicted octanol–water partition coefficient (Wildman–Crippen LogP) is 4.80. The molecular weight excluding hydrogens is 488 g/mol. The van der Waals surface area contributed by atoms with Crippen molar-refractivity contribution < 1.29 is 29.0 Å². The average Bonchev–Trinajstić information content (AvgIpc) is 3.11. The summed E-state index contributed by atoms with van der Waals surface area (Å²) in [4.78, 5) is 38.2. The van der Waals surface area contributed by atoms with Crippen LogP contribution in [0.4, 0.5) is 5.69 Å². The van der Waals surface area contributed by atoms with E-state index in [0.717, 1.165) is 12.0 Å². The minimum Gasteiger partial charge on any atom is -0.493 e. The molecule has 0 radical (unpaired) electrons. The number of hydrogen-bond acceptors (Lipinski definition) is 7. The zero-order valence-corrected chi connectivity index (χ0v) is 21.0. The van der Waals surface area contributed by atoms with Gasteiger partial charge in [-0.3, -0.25) is 14.5 Å². The SMILES string of the molecule is COc1ccc(/C=C2\SC(=S)N(CCCCCC(=O)Nc3cccc(C(=O)O)c3)C2=O)cc1OC. The maximum Gasteiger partial charge on any atom is 0.335 e. The first-order valence-electron chi connectivity index (χ1n) is 10.9. The minimum absolute atomic E-state index is 0.117. The van der Waals surface area contributed by atoms with Gasteiger partial charge in [-0.15, -0.1) is 0 Å². The molecule has 0 aromatic heterocycles. The number of carboxylic acid groups (broad SMARTS) is 1. The number of ether oxygens (including phenoxy) is 2.